The summed E-state index contributed by atoms with van der Waals surface area (Å²) in [5.74, 6) is -5.84. The highest BCUT2D eigenvalue weighted by atomic mass is 19.1. The van der Waals surface area contributed by atoms with E-state index in [1.165, 1.54) is 12.1 Å². The molecule has 0 aromatic heterocycles. The number of aryl methyl sites for hydroxylation is 2. The standard InChI is InChI=1S/C10H10O4.C8H5FO4.C2H6/c1-5-3-8(10(13)14)6(2)4-7(5)9(11)12;9-6-3-4(7(10)11)1-2-5(6)8(12)13;1-2/h3-4H,1-2H3,(H,11,12)(H,13,14);1-3H,(H,10,11)(H,12,13);1-2H3. The topological polar surface area (TPSA) is 149 Å². The van der Waals surface area contributed by atoms with Crippen molar-refractivity contribution < 1.29 is 44.0 Å². The molecule has 0 aliphatic heterocycles. The van der Waals surface area contributed by atoms with E-state index in [4.69, 9.17) is 20.4 Å². The molecule has 2 rings (SSSR count). The molecule has 0 bridgehead atoms. The van der Waals surface area contributed by atoms with E-state index in [2.05, 4.69) is 0 Å². The molecule has 0 aliphatic carbocycles. The zero-order valence-corrected chi connectivity index (χ0v) is 16.2. The Bertz CT molecular complexity index is 895. The van der Waals surface area contributed by atoms with Gasteiger partial charge >= 0.3 is 23.9 Å². The van der Waals surface area contributed by atoms with Gasteiger partial charge in [-0.1, -0.05) is 13.8 Å². The molecule has 0 saturated carbocycles. The van der Waals surface area contributed by atoms with E-state index in [1.54, 1.807) is 13.8 Å². The van der Waals surface area contributed by atoms with Crippen LogP contribution in [0.25, 0.3) is 0 Å². The maximum atomic E-state index is 12.8. The summed E-state index contributed by atoms with van der Waals surface area (Å²) in [6.07, 6.45) is 0. The van der Waals surface area contributed by atoms with Crippen molar-refractivity contribution in [1.82, 2.24) is 0 Å². The second kappa shape index (κ2) is 11.2. The summed E-state index contributed by atoms with van der Waals surface area (Å²) in [7, 11) is 0. The van der Waals surface area contributed by atoms with Crippen molar-refractivity contribution >= 4 is 23.9 Å². The van der Waals surface area contributed by atoms with Crippen LogP contribution in [0.1, 0.15) is 66.4 Å². The number of rotatable bonds is 4. The zero-order valence-electron chi connectivity index (χ0n) is 16.2. The van der Waals surface area contributed by atoms with E-state index < -0.39 is 35.3 Å². The lowest BCUT2D eigenvalue weighted by Crippen LogP contribution is -2.06. The molecular formula is C20H21FO8. The number of carbonyl (C=O) groups is 4. The van der Waals surface area contributed by atoms with Crippen LogP contribution in [0, 0.1) is 19.7 Å². The van der Waals surface area contributed by atoms with Gasteiger partial charge in [0.25, 0.3) is 0 Å². The van der Waals surface area contributed by atoms with Crippen molar-refractivity contribution in [3.05, 3.63) is 69.5 Å². The molecule has 2 aromatic rings. The monoisotopic (exact) mass is 408 g/mol. The molecule has 0 heterocycles. The average Bonchev–Trinajstić information content (AvgIpc) is 2.64. The quantitative estimate of drug-likeness (QED) is 0.594. The Morgan fingerprint density at radius 3 is 1.31 bits per heavy atom. The molecule has 0 aliphatic rings. The summed E-state index contributed by atoms with van der Waals surface area (Å²) in [5, 5.41) is 34.4. The van der Waals surface area contributed by atoms with Gasteiger partial charge in [0.1, 0.15) is 5.82 Å². The fraction of sp³-hybridized carbons (Fsp3) is 0.200. The van der Waals surface area contributed by atoms with Gasteiger partial charge in [-0.15, -0.1) is 0 Å². The van der Waals surface area contributed by atoms with E-state index in [0.29, 0.717) is 17.2 Å². The van der Waals surface area contributed by atoms with Crippen molar-refractivity contribution in [2.45, 2.75) is 27.7 Å². The van der Waals surface area contributed by atoms with Gasteiger partial charge in [-0.2, -0.15) is 0 Å². The summed E-state index contributed by atoms with van der Waals surface area (Å²) < 4.78 is 12.8. The maximum absolute atomic E-state index is 12.8. The number of halogens is 1. The van der Waals surface area contributed by atoms with Crippen LogP contribution in [0.3, 0.4) is 0 Å². The van der Waals surface area contributed by atoms with Gasteiger partial charge in [-0.05, 0) is 55.3 Å². The SMILES string of the molecule is CC.Cc1cc(C(=O)O)c(C)cc1C(=O)O.O=C(O)c1ccc(C(=O)O)c(F)c1. The van der Waals surface area contributed by atoms with Crippen molar-refractivity contribution in [3.8, 4) is 0 Å². The highest BCUT2D eigenvalue weighted by Crippen LogP contribution is 2.16. The van der Waals surface area contributed by atoms with E-state index in [1.807, 2.05) is 13.8 Å². The van der Waals surface area contributed by atoms with Crippen molar-refractivity contribution in [2.75, 3.05) is 0 Å². The smallest absolute Gasteiger partial charge is 0.338 e. The molecule has 2 aromatic carbocycles. The van der Waals surface area contributed by atoms with Gasteiger partial charge in [0.2, 0.25) is 0 Å². The summed E-state index contributed by atoms with van der Waals surface area (Å²) >= 11 is 0. The minimum absolute atomic E-state index is 0.146. The number of carboxylic acid groups (broad SMARTS) is 4. The normalized spacial score (nSPS) is 9.28. The Labute approximate surface area is 165 Å². The Kier molecular flexibility index (Phi) is 9.73. The first kappa shape index (κ1) is 25.2. The molecule has 0 unspecified atom stereocenters. The van der Waals surface area contributed by atoms with Gasteiger partial charge in [0.15, 0.2) is 0 Å². The zero-order chi connectivity index (χ0) is 22.9. The first-order chi connectivity index (χ1) is 13.5. The molecule has 4 N–H and O–H groups in total. The molecule has 0 atom stereocenters. The van der Waals surface area contributed by atoms with Crippen LogP contribution in [0.4, 0.5) is 4.39 Å². The van der Waals surface area contributed by atoms with E-state index >= 15 is 0 Å². The van der Waals surface area contributed by atoms with Gasteiger partial charge < -0.3 is 20.4 Å². The summed E-state index contributed by atoms with van der Waals surface area (Å²) in [6, 6.07) is 5.38. The fourth-order valence-corrected chi connectivity index (χ4v) is 2.10. The lowest BCUT2D eigenvalue weighted by atomic mass is 10.0. The Hall–Kier alpha value is -3.75. The van der Waals surface area contributed by atoms with Gasteiger partial charge in [-0.3, -0.25) is 0 Å². The Morgan fingerprint density at radius 2 is 1.03 bits per heavy atom. The Morgan fingerprint density at radius 1 is 0.655 bits per heavy atom. The largest absolute Gasteiger partial charge is 0.478 e. The van der Waals surface area contributed by atoms with Gasteiger partial charge in [-0.25, -0.2) is 23.6 Å². The lowest BCUT2D eigenvalue weighted by Gasteiger charge is -2.05. The van der Waals surface area contributed by atoms with Crippen LogP contribution in [0.5, 0.6) is 0 Å². The second-order valence-corrected chi connectivity index (χ2v) is 5.40. The van der Waals surface area contributed by atoms with Crippen LogP contribution in [-0.4, -0.2) is 44.3 Å². The number of carboxylic acids is 4. The van der Waals surface area contributed by atoms with Crippen molar-refractivity contribution in [1.29, 1.82) is 0 Å². The third-order valence-electron chi connectivity index (χ3n) is 3.48. The highest BCUT2D eigenvalue weighted by Gasteiger charge is 2.14. The minimum atomic E-state index is -1.42. The Balaban J connectivity index is 0.000000499. The molecule has 156 valence electrons. The molecule has 0 saturated heterocycles. The minimum Gasteiger partial charge on any atom is -0.478 e. The third kappa shape index (κ3) is 7.06. The summed E-state index contributed by atoms with van der Waals surface area (Å²) in [5.41, 5.74) is 0.397. The number of aromatic carboxylic acids is 4. The molecule has 0 radical (unpaired) electrons. The summed E-state index contributed by atoms with van der Waals surface area (Å²) in [6.45, 7) is 7.16. The lowest BCUT2D eigenvalue weighted by molar-refractivity contribution is 0.0676. The van der Waals surface area contributed by atoms with Gasteiger partial charge in [0, 0.05) is 0 Å². The first-order valence-electron chi connectivity index (χ1n) is 8.29. The first-order valence-corrected chi connectivity index (χ1v) is 8.29. The van der Waals surface area contributed by atoms with E-state index in [0.717, 1.165) is 12.1 Å². The molecule has 0 fully saturated rings. The number of benzene rings is 2. The molecule has 9 heteroatoms. The molecule has 29 heavy (non-hydrogen) atoms. The predicted molar refractivity (Wildman–Crippen MR) is 102 cm³/mol. The van der Waals surface area contributed by atoms with Crippen LogP contribution >= 0.6 is 0 Å². The number of hydrogen-bond acceptors (Lipinski definition) is 4. The van der Waals surface area contributed by atoms with E-state index in [-0.39, 0.29) is 16.7 Å². The molecule has 8 nitrogen and oxygen atoms in total. The second-order valence-electron chi connectivity index (χ2n) is 5.40. The third-order valence-corrected chi connectivity index (χ3v) is 3.48. The predicted octanol–water partition coefficient (Wildman–Crippen LogP) is 3.95. The molecular weight excluding hydrogens is 387 g/mol. The molecule has 0 spiro atoms. The van der Waals surface area contributed by atoms with Crippen LogP contribution in [-0.2, 0) is 0 Å². The van der Waals surface area contributed by atoms with Crippen LogP contribution in [0.2, 0.25) is 0 Å². The fourth-order valence-electron chi connectivity index (χ4n) is 2.10. The number of hydrogen-bond donors (Lipinski definition) is 4. The highest BCUT2D eigenvalue weighted by molar-refractivity contribution is 5.94. The maximum Gasteiger partial charge on any atom is 0.338 e. The molecule has 0 amide bonds. The van der Waals surface area contributed by atoms with Crippen LogP contribution < -0.4 is 0 Å². The average molecular weight is 408 g/mol. The van der Waals surface area contributed by atoms with E-state index in [9.17, 15) is 23.6 Å². The summed E-state index contributed by atoms with van der Waals surface area (Å²) in [4.78, 5) is 42.1. The van der Waals surface area contributed by atoms with Crippen molar-refractivity contribution in [2.24, 2.45) is 0 Å². The van der Waals surface area contributed by atoms with Crippen molar-refractivity contribution in [3.63, 3.8) is 0 Å². The van der Waals surface area contributed by atoms with Crippen LogP contribution in [0.15, 0.2) is 30.3 Å². The van der Waals surface area contributed by atoms with Gasteiger partial charge in [0.05, 0.1) is 22.3 Å².